The first-order chi connectivity index (χ1) is 8.27. The molecule has 0 spiro atoms. The molecule has 0 aromatic heterocycles. The summed E-state index contributed by atoms with van der Waals surface area (Å²) in [6, 6.07) is 1.15. The number of ether oxygens (including phenoxy) is 2. The second kappa shape index (κ2) is 8.86. The molecule has 4 nitrogen and oxygen atoms in total. The van der Waals surface area contributed by atoms with Gasteiger partial charge in [-0.25, -0.2) is 0 Å². The lowest BCUT2D eigenvalue weighted by molar-refractivity contribution is 0.0456. The van der Waals surface area contributed by atoms with Crippen LogP contribution in [0.5, 0.6) is 0 Å². The lowest BCUT2D eigenvalue weighted by Crippen LogP contribution is -2.42. The number of nitrogens with zero attached hydrogens (tertiary/aromatic N) is 1. The fraction of sp³-hybridized carbons (Fsp3) is 1.00. The molecule has 0 heterocycles. The van der Waals surface area contributed by atoms with E-state index in [1.807, 2.05) is 0 Å². The van der Waals surface area contributed by atoms with Gasteiger partial charge in [-0.15, -0.1) is 0 Å². The van der Waals surface area contributed by atoms with Crippen molar-refractivity contribution < 1.29 is 9.47 Å². The summed E-state index contributed by atoms with van der Waals surface area (Å²) in [4.78, 5) is 2.53. The van der Waals surface area contributed by atoms with Crippen LogP contribution in [-0.4, -0.2) is 57.0 Å². The lowest BCUT2D eigenvalue weighted by atomic mass is 9.91. The Bertz CT molecular complexity index is 182. The first kappa shape index (κ1) is 14.9. The second-order valence-corrected chi connectivity index (χ2v) is 4.80. The maximum absolute atomic E-state index is 5.94. The van der Waals surface area contributed by atoms with Crippen molar-refractivity contribution in [3.63, 3.8) is 0 Å². The van der Waals surface area contributed by atoms with Crippen molar-refractivity contribution in [3.05, 3.63) is 0 Å². The van der Waals surface area contributed by atoms with Crippen LogP contribution >= 0.6 is 0 Å². The standard InChI is InChI=1S/C13H28N2O2/c1-3-15(8-9-17-11-10-16-2)13-6-4-12(14)5-7-13/h12-13H,3-11,14H2,1-2H3. The van der Waals surface area contributed by atoms with E-state index >= 15 is 0 Å². The van der Waals surface area contributed by atoms with Gasteiger partial charge < -0.3 is 15.2 Å². The average molecular weight is 244 g/mol. The van der Waals surface area contributed by atoms with Gasteiger partial charge in [0.15, 0.2) is 0 Å². The Kier molecular flexibility index (Phi) is 7.77. The summed E-state index contributed by atoms with van der Waals surface area (Å²) in [5.41, 5.74) is 5.94. The summed E-state index contributed by atoms with van der Waals surface area (Å²) < 4.78 is 10.5. The van der Waals surface area contributed by atoms with Crippen molar-refractivity contribution in [2.75, 3.05) is 40.0 Å². The van der Waals surface area contributed by atoms with Gasteiger partial charge in [0.1, 0.15) is 0 Å². The average Bonchev–Trinajstić information content (AvgIpc) is 2.35. The van der Waals surface area contributed by atoms with Crippen molar-refractivity contribution in [2.24, 2.45) is 5.73 Å². The van der Waals surface area contributed by atoms with Crippen LogP contribution in [0.1, 0.15) is 32.6 Å². The highest BCUT2D eigenvalue weighted by atomic mass is 16.5. The van der Waals surface area contributed by atoms with E-state index < -0.39 is 0 Å². The maximum Gasteiger partial charge on any atom is 0.0700 e. The second-order valence-electron chi connectivity index (χ2n) is 4.80. The van der Waals surface area contributed by atoms with Gasteiger partial charge in [0, 0.05) is 25.7 Å². The van der Waals surface area contributed by atoms with Gasteiger partial charge in [-0.2, -0.15) is 0 Å². The van der Waals surface area contributed by atoms with Crippen LogP contribution in [0.3, 0.4) is 0 Å². The molecule has 0 radical (unpaired) electrons. The Morgan fingerprint density at radius 2 is 1.82 bits per heavy atom. The van der Waals surface area contributed by atoms with Gasteiger partial charge in [0.2, 0.25) is 0 Å². The number of nitrogens with two attached hydrogens (primary N) is 1. The summed E-state index contributed by atoms with van der Waals surface area (Å²) in [6.45, 7) is 6.55. The molecule has 0 atom stereocenters. The van der Waals surface area contributed by atoms with E-state index in [2.05, 4.69) is 11.8 Å². The van der Waals surface area contributed by atoms with Crippen molar-refractivity contribution in [3.8, 4) is 0 Å². The number of rotatable bonds is 8. The van der Waals surface area contributed by atoms with Gasteiger partial charge in [-0.3, -0.25) is 4.90 Å². The van der Waals surface area contributed by atoms with E-state index in [0.717, 1.165) is 19.7 Å². The quantitative estimate of drug-likeness (QED) is 0.653. The Hall–Kier alpha value is -0.160. The van der Waals surface area contributed by atoms with Gasteiger partial charge in [-0.05, 0) is 32.2 Å². The Labute approximate surface area is 105 Å². The van der Waals surface area contributed by atoms with Crippen molar-refractivity contribution >= 4 is 0 Å². The molecule has 0 aromatic carbocycles. The molecule has 4 heteroatoms. The third kappa shape index (κ3) is 5.82. The molecule has 0 saturated heterocycles. The Morgan fingerprint density at radius 3 is 2.41 bits per heavy atom. The number of hydrogen-bond donors (Lipinski definition) is 1. The fourth-order valence-electron chi connectivity index (χ4n) is 2.49. The molecular formula is C13H28N2O2. The third-order valence-electron chi connectivity index (χ3n) is 3.62. The molecule has 0 aliphatic heterocycles. The van der Waals surface area contributed by atoms with Gasteiger partial charge >= 0.3 is 0 Å². The smallest absolute Gasteiger partial charge is 0.0700 e. The zero-order chi connectivity index (χ0) is 12.5. The van der Waals surface area contributed by atoms with Gasteiger partial charge in [0.25, 0.3) is 0 Å². The molecule has 1 aliphatic rings. The highest BCUT2D eigenvalue weighted by Crippen LogP contribution is 2.21. The molecule has 2 N–H and O–H groups in total. The first-order valence-electron chi connectivity index (χ1n) is 6.84. The molecule has 1 saturated carbocycles. The molecule has 1 aliphatic carbocycles. The van der Waals surface area contributed by atoms with Crippen molar-refractivity contribution in [1.29, 1.82) is 0 Å². The number of hydrogen-bond acceptors (Lipinski definition) is 4. The van der Waals surface area contributed by atoms with Crippen molar-refractivity contribution in [1.82, 2.24) is 4.90 Å². The summed E-state index contributed by atoms with van der Waals surface area (Å²) in [7, 11) is 1.70. The van der Waals surface area contributed by atoms with E-state index in [1.54, 1.807) is 7.11 Å². The monoisotopic (exact) mass is 244 g/mol. The summed E-state index contributed by atoms with van der Waals surface area (Å²) in [6.07, 6.45) is 4.83. The van der Waals surface area contributed by atoms with E-state index in [4.69, 9.17) is 15.2 Å². The topological polar surface area (TPSA) is 47.7 Å². The van der Waals surface area contributed by atoms with Crippen LogP contribution in [0, 0.1) is 0 Å². The molecule has 102 valence electrons. The molecule has 0 amide bonds. The molecular weight excluding hydrogens is 216 g/mol. The zero-order valence-corrected chi connectivity index (χ0v) is 11.4. The maximum atomic E-state index is 5.94. The third-order valence-corrected chi connectivity index (χ3v) is 3.62. The Balaban J connectivity index is 2.14. The minimum absolute atomic E-state index is 0.433. The summed E-state index contributed by atoms with van der Waals surface area (Å²) in [5, 5.41) is 0. The summed E-state index contributed by atoms with van der Waals surface area (Å²) >= 11 is 0. The minimum atomic E-state index is 0.433. The molecule has 1 rings (SSSR count). The molecule has 0 unspecified atom stereocenters. The lowest BCUT2D eigenvalue weighted by Gasteiger charge is -2.35. The van der Waals surface area contributed by atoms with E-state index in [1.165, 1.54) is 25.7 Å². The van der Waals surface area contributed by atoms with Crippen molar-refractivity contribution in [2.45, 2.75) is 44.7 Å². The molecule has 0 bridgehead atoms. The van der Waals surface area contributed by atoms with Gasteiger partial charge in [0.05, 0.1) is 19.8 Å². The summed E-state index contributed by atoms with van der Waals surface area (Å²) in [5.74, 6) is 0. The molecule has 1 fully saturated rings. The molecule has 0 aromatic rings. The predicted octanol–water partition coefficient (Wildman–Crippen LogP) is 1.24. The fourth-order valence-corrected chi connectivity index (χ4v) is 2.49. The minimum Gasteiger partial charge on any atom is -0.382 e. The van der Waals surface area contributed by atoms with Crippen LogP contribution in [0.15, 0.2) is 0 Å². The van der Waals surface area contributed by atoms with E-state index in [9.17, 15) is 0 Å². The zero-order valence-electron chi connectivity index (χ0n) is 11.4. The normalized spacial score (nSPS) is 25.4. The van der Waals surface area contributed by atoms with Crippen LogP contribution in [0.25, 0.3) is 0 Å². The van der Waals surface area contributed by atoms with Gasteiger partial charge in [-0.1, -0.05) is 6.92 Å². The van der Waals surface area contributed by atoms with E-state index in [-0.39, 0.29) is 0 Å². The van der Waals surface area contributed by atoms with Crippen LogP contribution < -0.4 is 5.73 Å². The largest absolute Gasteiger partial charge is 0.382 e. The Morgan fingerprint density at radius 1 is 1.12 bits per heavy atom. The highest BCUT2D eigenvalue weighted by Gasteiger charge is 2.22. The van der Waals surface area contributed by atoms with Crippen LogP contribution in [0.4, 0.5) is 0 Å². The SMILES string of the molecule is CCN(CCOCCOC)C1CCC(N)CC1. The molecule has 17 heavy (non-hydrogen) atoms. The van der Waals surface area contributed by atoms with E-state index in [0.29, 0.717) is 25.3 Å². The van der Waals surface area contributed by atoms with Crippen LogP contribution in [0.2, 0.25) is 0 Å². The highest BCUT2D eigenvalue weighted by molar-refractivity contribution is 4.80. The van der Waals surface area contributed by atoms with Crippen LogP contribution in [-0.2, 0) is 9.47 Å². The number of methoxy groups -OCH3 is 1. The first-order valence-corrected chi connectivity index (χ1v) is 6.84. The predicted molar refractivity (Wildman–Crippen MR) is 70.2 cm³/mol. The number of likely N-dealkylation sites (N-methyl/N-ethyl adjacent to an activating group) is 1.